The molecule has 0 aliphatic rings. The van der Waals surface area contributed by atoms with Crippen LogP contribution in [0.1, 0.15) is 6.42 Å². The number of nitrogens with zero attached hydrogens (tertiary/aromatic N) is 4. The van der Waals surface area contributed by atoms with Gasteiger partial charge in [0.05, 0.1) is 0 Å². The Labute approximate surface area is 154 Å². The van der Waals surface area contributed by atoms with Crippen LogP contribution in [0.2, 0.25) is 0 Å². The van der Waals surface area contributed by atoms with E-state index in [4.69, 9.17) is 0 Å². The summed E-state index contributed by atoms with van der Waals surface area (Å²) in [6.07, 6.45) is -10.3. The van der Waals surface area contributed by atoms with Crippen LogP contribution in [0.15, 0.2) is 0 Å². The minimum atomic E-state index is -5.07. The average Bonchev–Trinajstić information content (AvgIpc) is 2.50. The number of carbonyl (C=O) groups excluding carboxylic acids is 2. The second kappa shape index (κ2) is 10.7. The first kappa shape index (κ1) is 25.4. The summed E-state index contributed by atoms with van der Waals surface area (Å²) in [7, 11) is 6.45. The third kappa shape index (κ3) is 10.4. The van der Waals surface area contributed by atoms with Crippen LogP contribution in [-0.4, -0.2) is 111 Å². The summed E-state index contributed by atoms with van der Waals surface area (Å²) in [6.45, 7) is -0.945. The van der Waals surface area contributed by atoms with Crippen molar-refractivity contribution in [3.8, 4) is 0 Å². The Morgan fingerprint density at radius 2 is 0.889 bits per heavy atom. The third-order valence-corrected chi connectivity index (χ3v) is 3.55. The second-order valence-corrected chi connectivity index (χ2v) is 6.54. The normalized spacial score (nSPS) is 12.6. The van der Waals surface area contributed by atoms with E-state index in [0.29, 0.717) is 9.80 Å². The van der Waals surface area contributed by atoms with Gasteiger partial charge in [-0.1, -0.05) is 0 Å². The molecular weight excluding hydrogens is 382 g/mol. The van der Waals surface area contributed by atoms with Crippen molar-refractivity contribution in [3.05, 3.63) is 0 Å². The first-order valence-corrected chi connectivity index (χ1v) is 8.18. The van der Waals surface area contributed by atoms with Gasteiger partial charge in [0.25, 0.3) is 0 Å². The van der Waals surface area contributed by atoms with Crippen LogP contribution in [0.3, 0.4) is 0 Å². The number of alkyl halides is 6. The molecule has 6 nitrogen and oxygen atoms in total. The SMILES string of the molecule is CN(C)CCN(CCCN(CCN(C)C)C(=O)C(F)(F)F)C(=O)C(F)(F)F. The fraction of sp³-hybridized carbons (Fsp3) is 0.867. The summed E-state index contributed by atoms with van der Waals surface area (Å²) < 4.78 is 76.1. The van der Waals surface area contributed by atoms with E-state index < -0.39 is 37.3 Å². The summed E-state index contributed by atoms with van der Waals surface area (Å²) in [6, 6.07) is 0. The van der Waals surface area contributed by atoms with Crippen molar-refractivity contribution in [3.63, 3.8) is 0 Å². The largest absolute Gasteiger partial charge is 0.471 e. The molecule has 0 saturated carbocycles. The van der Waals surface area contributed by atoms with Gasteiger partial charge in [-0.25, -0.2) is 0 Å². The standard InChI is InChI=1S/C15H26F6N4O2/c1-22(2)8-10-24(12(26)14(16,17)18)6-5-7-25(11-9-23(3)4)13(27)15(19,20)21/h5-11H2,1-4H3. The average molecular weight is 408 g/mol. The Morgan fingerprint density at radius 1 is 0.593 bits per heavy atom. The first-order chi connectivity index (χ1) is 12.2. The number of rotatable bonds is 10. The zero-order valence-electron chi connectivity index (χ0n) is 15.8. The van der Waals surface area contributed by atoms with Crippen molar-refractivity contribution >= 4 is 11.8 Å². The van der Waals surface area contributed by atoms with Gasteiger partial charge in [-0.3, -0.25) is 9.59 Å². The Hall–Kier alpha value is -1.56. The summed E-state index contributed by atoms with van der Waals surface area (Å²) in [5.41, 5.74) is 0. The van der Waals surface area contributed by atoms with Crippen molar-refractivity contribution in [2.45, 2.75) is 18.8 Å². The van der Waals surface area contributed by atoms with Gasteiger partial charge in [-0.05, 0) is 34.6 Å². The van der Waals surface area contributed by atoms with E-state index in [0.717, 1.165) is 0 Å². The van der Waals surface area contributed by atoms with E-state index in [1.54, 1.807) is 38.0 Å². The van der Waals surface area contributed by atoms with E-state index in [2.05, 4.69) is 0 Å². The number of hydrogen-bond donors (Lipinski definition) is 0. The quantitative estimate of drug-likeness (QED) is 0.511. The molecule has 0 aliphatic carbocycles. The summed E-state index contributed by atoms with van der Waals surface area (Å²) in [4.78, 5) is 27.2. The van der Waals surface area contributed by atoms with Gasteiger partial charge in [0.15, 0.2) is 0 Å². The third-order valence-electron chi connectivity index (χ3n) is 3.55. The van der Waals surface area contributed by atoms with Crippen molar-refractivity contribution in [2.24, 2.45) is 0 Å². The second-order valence-electron chi connectivity index (χ2n) is 6.54. The van der Waals surface area contributed by atoms with E-state index in [1.807, 2.05) is 0 Å². The topological polar surface area (TPSA) is 47.1 Å². The molecule has 0 aromatic rings. The molecule has 0 aliphatic heterocycles. The molecule has 0 aromatic heterocycles. The zero-order chi connectivity index (χ0) is 21.4. The molecule has 0 aromatic carbocycles. The minimum absolute atomic E-state index is 0.160. The van der Waals surface area contributed by atoms with Gasteiger partial charge < -0.3 is 19.6 Å². The maximum atomic E-state index is 12.7. The lowest BCUT2D eigenvalue weighted by atomic mass is 10.3. The Balaban J connectivity index is 4.97. The Bertz CT molecular complexity index is 438. The van der Waals surface area contributed by atoms with Gasteiger partial charge in [0.2, 0.25) is 0 Å². The molecule has 27 heavy (non-hydrogen) atoms. The highest BCUT2D eigenvalue weighted by Crippen LogP contribution is 2.20. The summed E-state index contributed by atoms with van der Waals surface area (Å²) >= 11 is 0. The molecule has 160 valence electrons. The summed E-state index contributed by atoms with van der Waals surface area (Å²) in [5, 5.41) is 0. The monoisotopic (exact) mass is 408 g/mol. The van der Waals surface area contributed by atoms with E-state index >= 15 is 0 Å². The molecule has 0 fully saturated rings. The molecule has 0 atom stereocenters. The number of hydrogen-bond acceptors (Lipinski definition) is 4. The van der Waals surface area contributed by atoms with Crippen molar-refractivity contribution in [1.29, 1.82) is 0 Å². The lowest BCUT2D eigenvalue weighted by Gasteiger charge is -2.28. The predicted octanol–water partition coefficient (Wildman–Crippen LogP) is 1.28. The molecule has 0 heterocycles. The predicted molar refractivity (Wildman–Crippen MR) is 87.0 cm³/mol. The van der Waals surface area contributed by atoms with Crippen LogP contribution in [0.4, 0.5) is 26.3 Å². The molecule has 0 N–H and O–H groups in total. The highest BCUT2D eigenvalue weighted by molar-refractivity contribution is 5.82. The van der Waals surface area contributed by atoms with Crippen molar-refractivity contribution in [1.82, 2.24) is 19.6 Å². The minimum Gasteiger partial charge on any atom is -0.334 e. The number of amides is 2. The van der Waals surface area contributed by atoms with E-state index in [1.165, 1.54) is 0 Å². The molecule has 0 radical (unpaired) electrons. The smallest absolute Gasteiger partial charge is 0.334 e. The van der Waals surface area contributed by atoms with E-state index in [9.17, 15) is 35.9 Å². The number of carbonyl (C=O) groups is 2. The molecule has 2 amide bonds. The Morgan fingerprint density at radius 3 is 1.11 bits per heavy atom. The van der Waals surface area contributed by atoms with Crippen LogP contribution in [0, 0.1) is 0 Å². The molecule has 0 saturated heterocycles. The molecule has 0 bridgehead atoms. The van der Waals surface area contributed by atoms with Crippen molar-refractivity contribution in [2.75, 3.05) is 67.5 Å². The number of likely N-dealkylation sites (N-methyl/N-ethyl adjacent to an activating group) is 2. The van der Waals surface area contributed by atoms with Crippen molar-refractivity contribution < 1.29 is 35.9 Å². The fourth-order valence-electron chi connectivity index (χ4n) is 2.08. The molecule has 0 rings (SSSR count). The van der Waals surface area contributed by atoms with Gasteiger partial charge in [-0.2, -0.15) is 26.3 Å². The van der Waals surface area contributed by atoms with E-state index in [-0.39, 0.29) is 32.6 Å². The fourth-order valence-corrected chi connectivity index (χ4v) is 2.08. The lowest BCUT2D eigenvalue weighted by molar-refractivity contribution is -0.187. The first-order valence-electron chi connectivity index (χ1n) is 8.18. The number of halogens is 6. The molecular formula is C15H26F6N4O2. The highest BCUT2D eigenvalue weighted by atomic mass is 19.4. The van der Waals surface area contributed by atoms with Crippen LogP contribution < -0.4 is 0 Å². The molecule has 12 heteroatoms. The zero-order valence-corrected chi connectivity index (χ0v) is 15.8. The highest BCUT2D eigenvalue weighted by Gasteiger charge is 2.43. The van der Waals surface area contributed by atoms with Gasteiger partial charge in [0, 0.05) is 39.3 Å². The van der Waals surface area contributed by atoms with Crippen LogP contribution in [0.25, 0.3) is 0 Å². The van der Waals surface area contributed by atoms with Crippen LogP contribution >= 0.6 is 0 Å². The molecule has 0 spiro atoms. The lowest BCUT2D eigenvalue weighted by Crippen LogP contribution is -2.47. The molecule has 0 unspecified atom stereocenters. The summed E-state index contributed by atoms with van der Waals surface area (Å²) in [5.74, 6) is -4.10. The van der Waals surface area contributed by atoms with Crippen LogP contribution in [0.5, 0.6) is 0 Å². The van der Waals surface area contributed by atoms with Crippen LogP contribution in [-0.2, 0) is 9.59 Å². The Kier molecular flexibility index (Phi) is 10.1. The van der Waals surface area contributed by atoms with Gasteiger partial charge in [0.1, 0.15) is 0 Å². The maximum Gasteiger partial charge on any atom is 0.471 e. The van der Waals surface area contributed by atoms with Gasteiger partial charge >= 0.3 is 24.2 Å². The maximum absolute atomic E-state index is 12.7. The van der Waals surface area contributed by atoms with Gasteiger partial charge in [-0.15, -0.1) is 0 Å².